The van der Waals surface area contributed by atoms with Gasteiger partial charge in [0, 0.05) is 18.7 Å². The van der Waals surface area contributed by atoms with Crippen LogP contribution in [0.4, 0.5) is 0 Å². The van der Waals surface area contributed by atoms with Crippen LogP contribution in [0.25, 0.3) is 0 Å². The molecule has 0 aromatic heterocycles. The predicted molar refractivity (Wildman–Crippen MR) is 77.0 cm³/mol. The fraction of sp³-hybridized carbons (Fsp3) is 0.533. The van der Waals surface area contributed by atoms with Crippen molar-refractivity contribution in [2.45, 2.75) is 26.7 Å². The molecule has 0 radical (unpaired) electrons. The summed E-state index contributed by atoms with van der Waals surface area (Å²) in [6, 6.07) is 7.50. The van der Waals surface area contributed by atoms with Crippen LogP contribution in [-0.4, -0.2) is 30.7 Å². The topological polar surface area (TPSA) is 75.3 Å². The van der Waals surface area contributed by atoms with Crippen LogP contribution in [-0.2, 0) is 6.42 Å². The fourth-order valence-corrected chi connectivity index (χ4v) is 1.80. The number of aliphatic hydroxyl groups excluding tert-OH is 1. The molecule has 19 heavy (non-hydrogen) atoms. The van der Waals surface area contributed by atoms with E-state index in [0.29, 0.717) is 25.1 Å². The second-order valence-corrected chi connectivity index (χ2v) is 5.56. The van der Waals surface area contributed by atoms with Crippen LogP contribution >= 0.6 is 0 Å². The first-order chi connectivity index (χ1) is 8.98. The van der Waals surface area contributed by atoms with Crippen molar-refractivity contribution in [3.63, 3.8) is 0 Å². The van der Waals surface area contributed by atoms with Crippen LogP contribution in [0.1, 0.15) is 36.2 Å². The molecular formula is C15H24N2O2. The average molecular weight is 264 g/mol. The summed E-state index contributed by atoms with van der Waals surface area (Å²) in [4.78, 5) is 12.0. The number of benzene rings is 1. The first-order valence-corrected chi connectivity index (χ1v) is 6.66. The van der Waals surface area contributed by atoms with E-state index >= 15 is 0 Å². The summed E-state index contributed by atoms with van der Waals surface area (Å²) in [5, 5.41) is 11.8. The van der Waals surface area contributed by atoms with Gasteiger partial charge in [-0.15, -0.1) is 0 Å². The Bertz CT molecular complexity index is 399. The molecule has 0 unspecified atom stereocenters. The number of carbonyl (C=O) groups is 1. The first kappa shape index (κ1) is 15.7. The summed E-state index contributed by atoms with van der Waals surface area (Å²) in [6.07, 6.45) is 1.49. The van der Waals surface area contributed by atoms with Gasteiger partial charge in [-0.1, -0.05) is 26.0 Å². The van der Waals surface area contributed by atoms with Crippen molar-refractivity contribution in [2.75, 3.05) is 19.7 Å². The molecule has 0 atom stereocenters. The van der Waals surface area contributed by atoms with Crippen LogP contribution in [0, 0.1) is 5.41 Å². The van der Waals surface area contributed by atoms with E-state index in [4.69, 9.17) is 10.8 Å². The van der Waals surface area contributed by atoms with Crippen molar-refractivity contribution in [3.05, 3.63) is 35.4 Å². The van der Waals surface area contributed by atoms with Gasteiger partial charge in [0.1, 0.15) is 0 Å². The average Bonchev–Trinajstić information content (AvgIpc) is 2.37. The zero-order valence-corrected chi connectivity index (χ0v) is 11.8. The molecule has 1 aromatic carbocycles. The Balaban J connectivity index is 2.53. The number of nitrogens with one attached hydrogen (secondary N) is 1. The molecule has 4 N–H and O–H groups in total. The highest BCUT2D eigenvalue weighted by Gasteiger charge is 2.18. The highest BCUT2D eigenvalue weighted by atomic mass is 16.3. The third-order valence-corrected chi connectivity index (χ3v) is 3.17. The Labute approximate surface area is 115 Å². The predicted octanol–water partition coefficient (Wildman–Crippen LogP) is 1.33. The van der Waals surface area contributed by atoms with Gasteiger partial charge >= 0.3 is 0 Å². The summed E-state index contributed by atoms with van der Waals surface area (Å²) in [7, 11) is 0. The minimum atomic E-state index is -0.0934. The lowest BCUT2D eigenvalue weighted by molar-refractivity contribution is 0.0928. The van der Waals surface area contributed by atoms with Crippen molar-refractivity contribution in [3.8, 4) is 0 Å². The minimum absolute atomic E-state index is 0.0784. The summed E-state index contributed by atoms with van der Waals surface area (Å²) < 4.78 is 0. The number of aliphatic hydroxyl groups is 1. The number of nitrogens with two attached hydrogens (primary N) is 1. The van der Waals surface area contributed by atoms with E-state index in [1.54, 1.807) is 0 Å². The van der Waals surface area contributed by atoms with E-state index in [1.165, 1.54) is 0 Å². The quantitative estimate of drug-likeness (QED) is 0.695. The molecule has 1 rings (SSSR count). The van der Waals surface area contributed by atoms with E-state index in [1.807, 2.05) is 38.1 Å². The van der Waals surface area contributed by atoms with E-state index in [2.05, 4.69) is 5.32 Å². The van der Waals surface area contributed by atoms with Crippen LogP contribution in [0.15, 0.2) is 24.3 Å². The maximum atomic E-state index is 12.0. The van der Waals surface area contributed by atoms with Crippen molar-refractivity contribution >= 4 is 5.91 Å². The van der Waals surface area contributed by atoms with Gasteiger partial charge < -0.3 is 16.2 Å². The number of hydrogen-bond acceptors (Lipinski definition) is 3. The van der Waals surface area contributed by atoms with Gasteiger partial charge in [-0.25, -0.2) is 0 Å². The van der Waals surface area contributed by atoms with Gasteiger partial charge in [-0.3, -0.25) is 4.79 Å². The lowest BCUT2D eigenvalue weighted by Gasteiger charge is -2.23. The lowest BCUT2D eigenvalue weighted by atomic mass is 9.89. The Morgan fingerprint density at radius 1 is 1.32 bits per heavy atom. The molecule has 4 heteroatoms. The van der Waals surface area contributed by atoms with Gasteiger partial charge in [0.15, 0.2) is 0 Å². The van der Waals surface area contributed by atoms with E-state index in [0.717, 1.165) is 12.0 Å². The molecule has 106 valence electrons. The number of rotatable bonds is 7. The Morgan fingerprint density at radius 2 is 1.95 bits per heavy atom. The first-order valence-electron chi connectivity index (χ1n) is 6.66. The molecule has 0 heterocycles. The van der Waals surface area contributed by atoms with Gasteiger partial charge in [-0.05, 0) is 42.5 Å². The summed E-state index contributed by atoms with van der Waals surface area (Å²) in [6.45, 7) is 5.34. The smallest absolute Gasteiger partial charge is 0.251 e. The highest BCUT2D eigenvalue weighted by molar-refractivity contribution is 5.94. The number of hydrogen-bond donors (Lipinski definition) is 3. The largest absolute Gasteiger partial charge is 0.396 e. The normalized spacial score (nSPS) is 11.4. The van der Waals surface area contributed by atoms with Crippen LogP contribution in [0.5, 0.6) is 0 Å². The second-order valence-electron chi connectivity index (χ2n) is 5.56. The third kappa shape index (κ3) is 5.41. The van der Waals surface area contributed by atoms with Gasteiger partial charge in [0.2, 0.25) is 0 Å². The van der Waals surface area contributed by atoms with Gasteiger partial charge in [0.05, 0.1) is 0 Å². The standard InChI is InChI=1S/C15H24N2O2/c1-15(2,8-10-18)11-17-14(19)13-5-3-12(4-6-13)7-9-16/h3-6,18H,7-11,16H2,1-2H3,(H,17,19). The SMILES string of the molecule is CC(C)(CCO)CNC(=O)c1ccc(CCN)cc1. The molecule has 0 aliphatic rings. The maximum Gasteiger partial charge on any atom is 0.251 e. The highest BCUT2D eigenvalue weighted by Crippen LogP contribution is 2.18. The lowest BCUT2D eigenvalue weighted by Crippen LogP contribution is -2.34. The van der Waals surface area contributed by atoms with Gasteiger partial charge in [-0.2, -0.15) is 0 Å². The molecule has 0 spiro atoms. The van der Waals surface area contributed by atoms with Crippen molar-refractivity contribution in [1.82, 2.24) is 5.32 Å². The summed E-state index contributed by atoms with van der Waals surface area (Å²) in [5.41, 5.74) is 7.18. The van der Waals surface area contributed by atoms with Crippen LogP contribution < -0.4 is 11.1 Å². The number of carbonyl (C=O) groups excluding carboxylic acids is 1. The molecule has 0 bridgehead atoms. The monoisotopic (exact) mass is 264 g/mol. The van der Waals surface area contributed by atoms with E-state index < -0.39 is 0 Å². The van der Waals surface area contributed by atoms with Gasteiger partial charge in [0.25, 0.3) is 5.91 Å². The summed E-state index contributed by atoms with van der Waals surface area (Å²) >= 11 is 0. The third-order valence-electron chi connectivity index (χ3n) is 3.17. The molecular weight excluding hydrogens is 240 g/mol. The van der Waals surface area contributed by atoms with E-state index in [9.17, 15) is 4.79 Å². The molecule has 1 amide bonds. The molecule has 4 nitrogen and oxygen atoms in total. The Kier molecular flexibility index (Phi) is 5.99. The van der Waals surface area contributed by atoms with Crippen molar-refractivity contribution in [1.29, 1.82) is 0 Å². The molecule has 1 aromatic rings. The van der Waals surface area contributed by atoms with Crippen molar-refractivity contribution < 1.29 is 9.90 Å². The maximum absolute atomic E-state index is 12.0. The molecule has 0 saturated heterocycles. The van der Waals surface area contributed by atoms with E-state index in [-0.39, 0.29) is 17.9 Å². The molecule has 0 aliphatic carbocycles. The summed E-state index contributed by atoms with van der Waals surface area (Å²) in [5.74, 6) is -0.0784. The van der Waals surface area contributed by atoms with Crippen molar-refractivity contribution in [2.24, 2.45) is 11.1 Å². The minimum Gasteiger partial charge on any atom is -0.396 e. The Morgan fingerprint density at radius 3 is 2.47 bits per heavy atom. The molecule has 0 aliphatic heterocycles. The van der Waals surface area contributed by atoms with Crippen LogP contribution in [0.3, 0.4) is 0 Å². The zero-order valence-electron chi connectivity index (χ0n) is 11.8. The Hall–Kier alpha value is -1.39. The number of amides is 1. The second kappa shape index (κ2) is 7.26. The van der Waals surface area contributed by atoms with Crippen LogP contribution in [0.2, 0.25) is 0 Å². The fourth-order valence-electron chi connectivity index (χ4n) is 1.80. The zero-order chi connectivity index (χ0) is 14.3. The molecule has 0 saturated carbocycles. The molecule has 0 fully saturated rings.